The van der Waals surface area contributed by atoms with Crippen LogP contribution in [-0.4, -0.2) is 21.4 Å². The Labute approximate surface area is 63.7 Å². The second-order valence-electron chi connectivity index (χ2n) is 3.60. The van der Waals surface area contributed by atoms with Gasteiger partial charge in [0.2, 0.25) is 10.0 Å². The lowest BCUT2D eigenvalue weighted by atomic mass is 11.0. The Bertz CT molecular complexity index is 204. The summed E-state index contributed by atoms with van der Waals surface area (Å²) in [5.74, 6) is 0. The van der Waals surface area contributed by atoms with Crippen molar-refractivity contribution in [2.75, 3.05) is 0 Å². The van der Waals surface area contributed by atoms with Gasteiger partial charge in [0.1, 0.15) is 0 Å². The summed E-state index contributed by atoms with van der Waals surface area (Å²) < 4.78 is 21.6. The van der Waals surface area contributed by atoms with E-state index in [4.69, 9.17) is 5.14 Å². The first-order chi connectivity index (χ1) is 4.15. The Morgan fingerprint density at radius 2 is 1.60 bits per heavy atom. The van der Waals surface area contributed by atoms with Crippen molar-refractivity contribution in [3.63, 3.8) is 0 Å². The second-order valence-corrected chi connectivity index (χ2v) is 11.5. The molecule has 0 aromatic rings. The van der Waals surface area contributed by atoms with Crippen molar-refractivity contribution < 1.29 is 8.42 Å². The van der Waals surface area contributed by atoms with Gasteiger partial charge in [-0.2, -0.15) is 0 Å². The topological polar surface area (TPSA) is 60.2 Å². The van der Waals surface area contributed by atoms with Gasteiger partial charge in [-0.15, -0.1) is 0 Å². The van der Waals surface area contributed by atoms with Gasteiger partial charge in [0.15, 0.2) is 0 Å². The molecule has 3 nitrogen and oxygen atoms in total. The molecule has 0 aromatic carbocycles. The lowest BCUT2D eigenvalue weighted by Gasteiger charge is -2.22. The van der Waals surface area contributed by atoms with Crippen LogP contribution in [0, 0.1) is 0 Å². The van der Waals surface area contributed by atoms with Crippen LogP contribution >= 0.6 is 0 Å². The van der Waals surface area contributed by atoms with Gasteiger partial charge in [0.05, 0.1) is 12.9 Å². The third-order valence-corrected chi connectivity index (χ3v) is 8.24. The Morgan fingerprint density at radius 3 is 1.60 bits per heavy atom. The minimum atomic E-state index is -3.30. The number of primary sulfonamides is 1. The molecule has 0 saturated carbocycles. The first-order valence-corrected chi connectivity index (χ1v) is 8.36. The Hall–Kier alpha value is 0.127. The molecule has 0 radical (unpaired) electrons. The number of nitrogens with two attached hydrogens (primary N) is 1. The van der Waals surface area contributed by atoms with E-state index in [9.17, 15) is 8.42 Å². The molecule has 0 saturated heterocycles. The first kappa shape index (κ1) is 10.1. The molecule has 1 atom stereocenters. The van der Waals surface area contributed by atoms with Crippen molar-refractivity contribution in [1.82, 2.24) is 0 Å². The van der Waals surface area contributed by atoms with Gasteiger partial charge in [-0.25, -0.2) is 13.6 Å². The molecule has 10 heavy (non-hydrogen) atoms. The third-order valence-electron chi connectivity index (χ3n) is 1.71. The highest BCUT2D eigenvalue weighted by atomic mass is 32.2. The number of hydrogen-bond acceptors (Lipinski definition) is 2. The Morgan fingerprint density at radius 1 is 1.30 bits per heavy atom. The van der Waals surface area contributed by atoms with Crippen molar-refractivity contribution in [1.29, 1.82) is 0 Å². The molecule has 0 rings (SSSR count). The van der Waals surface area contributed by atoms with E-state index in [-0.39, 0.29) is 4.87 Å². The maximum absolute atomic E-state index is 10.8. The summed E-state index contributed by atoms with van der Waals surface area (Å²) in [6, 6.07) is 0. The van der Waals surface area contributed by atoms with Crippen LogP contribution in [0.15, 0.2) is 0 Å². The maximum atomic E-state index is 10.8. The van der Waals surface area contributed by atoms with Gasteiger partial charge in [0.25, 0.3) is 0 Å². The standard InChI is InChI=1S/C5H15NO2SSi/c1-5(9(6,7)8)10(2,3)4/h5H,1-4H3,(H2,6,7,8). The van der Waals surface area contributed by atoms with Gasteiger partial charge in [-0.1, -0.05) is 19.6 Å². The van der Waals surface area contributed by atoms with Crippen molar-refractivity contribution >= 4 is 18.1 Å². The summed E-state index contributed by atoms with van der Waals surface area (Å²) >= 11 is 0. The van der Waals surface area contributed by atoms with Crippen LogP contribution in [0.25, 0.3) is 0 Å². The van der Waals surface area contributed by atoms with E-state index in [1.54, 1.807) is 6.92 Å². The van der Waals surface area contributed by atoms with Crippen LogP contribution < -0.4 is 5.14 Å². The lowest BCUT2D eigenvalue weighted by molar-refractivity contribution is 0.595. The molecule has 0 bridgehead atoms. The molecule has 5 heteroatoms. The Kier molecular flexibility index (Phi) is 2.67. The number of hydrogen-bond donors (Lipinski definition) is 1. The molecule has 0 heterocycles. The van der Waals surface area contributed by atoms with E-state index >= 15 is 0 Å². The highest BCUT2D eigenvalue weighted by Crippen LogP contribution is 2.12. The van der Waals surface area contributed by atoms with E-state index in [1.807, 2.05) is 19.6 Å². The molecule has 2 N–H and O–H groups in total. The predicted molar refractivity (Wildman–Crippen MR) is 45.9 cm³/mol. The van der Waals surface area contributed by atoms with E-state index < -0.39 is 18.1 Å². The molecule has 0 aliphatic heterocycles. The zero-order valence-electron chi connectivity index (χ0n) is 6.88. The summed E-state index contributed by atoms with van der Waals surface area (Å²) in [6.45, 7) is 7.65. The highest BCUT2D eigenvalue weighted by Gasteiger charge is 2.30. The van der Waals surface area contributed by atoms with Gasteiger partial charge >= 0.3 is 0 Å². The minimum absolute atomic E-state index is 0.347. The first-order valence-electron chi connectivity index (χ1n) is 3.17. The van der Waals surface area contributed by atoms with Crippen LogP contribution in [0.4, 0.5) is 0 Å². The van der Waals surface area contributed by atoms with Crippen LogP contribution in [0.2, 0.25) is 19.6 Å². The number of sulfonamides is 1. The lowest BCUT2D eigenvalue weighted by Crippen LogP contribution is -2.44. The molecule has 0 spiro atoms. The summed E-state index contributed by atoms with van der Waals surface area (Å²) in [5.41, 5.74) is 0. The highest BCUT2D eigenvalue weighted by molar-refractivity contribution is 7.91. The Balaban J connectivity index is 4.56. The average Bonchev–Trinajstić information content (AvgIpc) is 1.59. The van der Waals surface area contributed by atoms with Crippen LogP contribution in [0.5, 0.6) is 0 Å². The molecule has 0 aromatic heterocycles. The molecular formula is C5H15NO2SSi. The van der Waals surface area contributed by atoms with E-state index in [0.29, 0.717) is 0 Å². The smallest absolute Gasteiger partial charge is 0.209 e. The molecular weight excluding hydrogens is 166 g/mol. The van der Waals surface area contributed by atoms with Crippen LogP contribution in [0.1, 0.15) is 6.92 Å². The summed E-state index contributed by atoms with van der Waals surface area (Å²) in [7, 11) is -4.91. The maximum Gasteiger partial charge on any atom is 0.209 e. The zero-order valence-corrected chi connectivity index (χ0v) is 8.70. The van der Waals surface area contributed by atoms with Gasteiger partial charge in [-0.05, 0) is 6.92 Å². The molecule has 0 fully saturated rings. The molecule has 0 aliphatic rings. The number of rotatable bonds is 2. The molecule has 62 valence electrons. The predicted octanol–water partition coefficient (Wildman–Crippen LogP) is 0.541. The van der Waals surface area contributed by atoms with E-state index in [2.05, 4.69) is 0 Å². The minimum Gasteiger partial charge on any atom is -0.229 e. The van der Waals surface area contributed by atoms with Crippen LogP contribution in [0.3, 0.4) is 0 Å². The van der Waals surface area contributed by atoms with Crippen LogP contribution in [-0.2, 0) is 10.0 Å². The normalized spacial score (nSPS) is 16.9. The fourth-order valence-electron chi connectivity index (χ4n) is 0.493. The van der Waals surface area contributed by atoms with Crippen molar-refractivity contribution in [3.8, 4) is 0 Å². The zero-order chi connectivity index (χ0) is 8.58. The SMILES string of the molecule is CC([Si](C)(C)C)S(N)(=O)=O. The fourth-order valence-corrected chi connectivity index (χ4v) is 4.44. The average molecular weight is 181 g/mol. The van der Waals surface area contributed by atoms with Crippen molar-refractivity contribution in [2.45, 2.75) is 31.4 Å². The summed E-state index contributed by atoms with van der Waals surface area (Å²) in [6.07, 6.45) is 0. The summed E-state index contributed by atoms with van der Waals surface area (Å²) in [5, 5.41) is 4.97. The van der Waals surface area contributed by atoms with Crippen molar-refractivity contribution in [3.05, 3.63) is 0 Å². The fraction of sp³-hybridized carbons (Fsp3) is 1.00. The molecule has 0 amide bonds. The van der Waals surface area contributed by atoms with E-state index in [0.717, 1.165) is 0 Å². The largest absolute Gasteiger partial charge is 0.229 e. The molecule has 0 aliphatic carbocycles. The van der Waals surface area contributed by atoms with Gasteiger partial charge in [-0.3, -0.25) is 0 Å². The monoisotopic (exact) mass is 181 g/mol. The molecule has 1 unspecified atom stereocenters. The second kappa shape index (κ2) is 2.63. The van der Waals surface area contributed by atoms with Gasteiger partial charge in [0, 0.05) is 0 Å². The summed E-state index contributed by atoms with van der Waals surface area (Å²) in [4.78, 5) is -0.347. The van der Waals surface area contributed by atoms with Gasteiger partial charge < -0.3 is 0 Å². The van der Waals surface area contributed by atoms with E-state index in [1.165, 1.54) is 0 Å². The quantitative estimate of drug-likeness (QED) is 0.632. The van der Waals surface area contributed by atoms with Crippen molar-refractivity contribution in [2.24, 2.45) is 5.14 Å². The third kappa shape index (κ3) is 2.81.